The first-order valence-electron chi connectivity index (χ1n) is 6.30. The zero-order chi connectivity index (χ0) is 14.7. The second kappa shape index (κ2) is 5.77. The van der Waals surface area contributed by atoms with E-state index in [0.717, 1.165) is 5.56 Å². The Morgan fingerprint density at radius 1 is 1.55 bits per heavy atom. The van der Waals surface area contributed by atoms with Gasteiger partial charge in [-0.15, -0.1) is 0 Å². The van der Waals surface area contributed by atoms with Crippen LogP contribution in [0.5, 0.6) is 5.88 Å². The third-order valence-corrected chi connectivity index (χ3v) is 3.25. The van der Waals surface area contributed by atoms with Crippen LogP contribution < -0.4 is 10.1 Å². The molecule has 0 bridgehead atoms. The van der Waals surface area contributed by atoms with E-state index in [1.165, 1.54) is 12.0 Å². The first kappa shape index (κ1) is 14.1. The van der Waals surface area contributed by atoms with Gasteiger partial charge in [0.25, 0.3) is 0 Å². The lowest BCUT2D eigenvalue weighted by Crippen LogP contribution is -2.34. The SMILES string of the molecule is COc1ncc(C)cc1NC(=O)N1CCC(C(=O)O)C1. The number of aliphatic carboxylic acids is 1. The zero-order valence-corrected chi connectivity index (χ0v) is 11.4. The van der Waals surface area contributed by atoms with Gasteiger partial charge in [0, 0.05) is 19.3 Å². The Labute approximate surface area is 116 Å². The Morgan fingerprint density at radius 2 is 2.30 bits per heavy atom. The van der Waals surface area contributed by atoms with Crippen LogP contribution >= 0.6 is 0 Å². The van der Waals surface area contributed by atoms with Gasteiger partial charge in [-0.25, -0.2) is 9.78 Å². The molecule has 20 heavy (non-hydrogen) atoms. The van der Waals surface area contributed by atoms with Crippen LogP contribution in [0.1, 0.15) is 12.0 Å². The van der Waals surface area contributed by atoms with Gasteiger partial charge in [-0.1, -0.05) is 0 Å². The number of amides is 2. The summed E-state index contributed by atoms with van der Waals surface area (Å²) in [7, 11) is 1.48. The Hall–Kier alpha value is -2.31. The summed E-state index contributed by atoms with van der Waals surface area (Å²) in [4.78, 5) is 28.5. The number of methoxy groups -OCH3 is 1. The molecular weight excluding hydrogens is 262 g/mol. The number of pyridine rings is 1. The normalized spacial score (nSPS) is 17.9. The van der Waals surface area contributed by atoms with Crippen molar-refractivity contribution < 1.29 is 19.4 Å². The van der Waals surface area contributed by atoms with Gasteiger partial charge in [0.05, 0.1) is 13.0 Å². The van der Waals surface area contributed by atoms with E-state index in [2.05, 4.69) is 10.3 Å². The van der Waals surface area contributed by atoms with E-state index in [4.69, 9.17) is 9.84 Å². The highest BCUT2D eigenvalue weighted by Crippen LogP contribution is 2.24. The van der Waals surface area contributed by atoms with Gasteiger partial charge in [-0.05, 0) is 25.0 Å². The van der Waals surface area contributed by atoms with Crippen LogP contribution in [0.2, 0.25) is 0 Å². The molecular formula is C13H17N3O4. The molecule has 2 heterocycles. The standard InChI is InChI=1S/C13H17N3O4/c1-8-5-10(11(20-2)14-6-8)15-13(19)16-4-3-9(7-16)12(17)18/h5-6,9H,3-4,7H2,1-2H3,(H,15,19)(H,17,18). The number of carboxylic acid groups (broad SMARTS) is 1. The molecule has 2 amide bonds. The monoisotopic (exact) mass is 279 g/mol. The number of likely N-dealkylation sites (tertiary alicyclic amines) is 1. The zero-order valence-electron chi connectivity index (χ0n) is 11.4. The molecule has 7 nitrogen and oxygen atoms in total. The van der Waals surface area contributed by atoms with Crippen LogP contribution in [0.25, 0.3) is 0 Å². The Kier molecular flexibility index (Phi) is 4.07. The topological polar surface area (TPSA) is 91.8 Å². The maximum absolute atomic E-state index is 12.1. The van der Waals surface area contributed by atoms with E-state index in [1.807, 2.05) is 6.92 Å². The number of hydrogen-bond donors (Lipinski definition) is 2. The number of carbonyl (C=O) groups excluding carboxylic acids is 1. The van der Waals surface area contributed by atoms with Crippen LogP contribution in [0, 0.1) is 12.8 Å². The molecule has 2 rings (SSSR count). The molecule has 1 aromatic heterocycles. The summed E-state index contributed by atoms with van der Waals surface area (Å²) < 4.78 is 5.08. The fraction of sp³-hybridized carbons (Fsp3) is 0.462. The molecule has 0 aromatic carbocycles. The van der Waals surface area contributed by atoms with Crippen LogP contribution in [0.4, 0.5) is 10.5 Å². The largest absolute Gasteiger partial charge is 0.481 e. The van der Waals surface area contributed by atoms with Crippen molar-refractivity contribution in [3.05, 3.63) is 17.8 Å². The average molecular weight is 279 g/mol. The van der Waals surface area contributed by atoms with E-state index < -0.39 is 11.9 Å². The molecule has 0 radical (unpaired) electrons. The minimum atomic E-state index is -0.866. The molecule has 1 unspecified atom stereocenters. The smallest absolute Gasteiger partial charge is 0.322 e. The molecule has 0 spiro atoms. The predicted octanol–water partition coefficient (Wildman–Crippen LogP) is 1.34. The van der Waals surface area contributed by atoms with Gasteiger partial charge in [0.15, 0.2) is 0 Å². The summed E-state index contributed by atoms with van der Waals surface area (Å²) in [5.74, 6) is -1.02. The first-order valence-corrected chi connectivity index (χ1v) is 6.30. The minimum Gasteiger partial charge on any atom is -0.481 e. The average Bonchev–Trinajstić information content (AvgIpc) is 2.89. The molecule has 1 saturated heterocycles. The molecule has 7 heteroatoms. The molecule has 2 N–H and O–H groups in total. The fourth-order valence-corrected chi connectivity index (χ4v) is 2.15. The van der Waals surface area contributed by atoms with Gasteiger partial charge < -0.3 is 20.1 Å². The molecule has 0 aliphatic carbocycles. The van der Waals surface area contributed by atoms with Crippen LogP contribution in [0.3, 0.4) is 0 Å². The molecule has 1 atom stereocenters. The number of carboxylic acids is 1. The number of urea groups is 1. The summed E-state index contributed by atoms with van der Waals surface area (Å²) in [6, 6.07) is 1.42. The minimum absolute atomic E-state index is 0.225. The van der Waals surface area contributed by atoms with E-state index in [0.29, 0.717) is 24.5 Å². The number of anilines is 1. The van der Waals surface area contributed by atoms with Crippen molar-refractivity contribution >= 4 is 17.7 Å². The number of nitrogens with zero attached hydrogens (tertiary/aromatic N) is 2. The summed E-state index contributed by atoms with van der Waals surface area (Å²) >= 11 is 0. The lowest BCUT2D eigenvalue weighted by molar-refractivity contribution is -0.141. The third-order valence-electron chi connectivity index (χ3n) is 3.25. The highest BCUT2D eigenvalue weighted by molar-refractivity contribution is 5.91. The molecule has 0 saturated carbocycles. The van der Waals surface area contributed by atoms with Crippen molar-refractivity contribution in [3.63, 3.8) is 0 Å². The van der Waals surface area contributed by atoms with Gasteiger partial charge in [0.1, 0.15) is 5.69 Å². The number of aryl methyl sites for hydroxylation is 1. The van der Waals surface area contributed by atoms with Crippen molar-refractivity contribution in [3.8, 4) is 5.88 Å². The highest BCUT2D eigenvalue weighted by Gasteiger charge is 2.31. The fourth-order valence-electron chi connectivity index (χ4n) is 2.15. The summed E-state index contributed by atoms with van der Waals surface area (Å²) in [5.41, 5.74) is 1.38. The van der Waals surface area contributed by atoms with E-state index in [9.17, 15) is 9.59 Å². The second-order valence-electron chi connectivity index (χ2n) is 4.77. The van der Waals surface area contributed by atoms with Crippen molar-refractivity contribution in [1.29, 1.82) is 0 Å². The van der Waals surface area contributed by atoms with Crippen LogP contribution in [0.15, 0.2) is 12.3 Å². The number of nitrogens with one attached hydrogen (secondary N) is 1. The Bertz CT molecular complexity index is 532. The quantitative estimate of drug-likeness (QED) is 0.871. The van der Waals surface area contributed by atoms with Gasteiger partial charge in [-0.3, -0.25) is 4.79 Å². The summed E-state index contributed by atoms with van der Waals surface area (Å²) in [6.07, 6.45) is 2.12. The highest BCUT2D eigenvalue weighted by atomic mass is 16.5. The first-order chi connectivity index (χ1) is 9.51. The van der Waals surface area contributed by atoms with E-state index in [-0.39, 0.29) is 12.6 Å². The summed E-state index contributed by atoms with van der Waals surface area (Å²) in [6.45, 7) is 2.52. The van der Waals surface area contributed by atoms with Crippen LogP contribution in [-0.4, -0.2) is 47.2 Å². The Morgan fingerprint density at radius 3 is 2.90 bits per heavy atom. The molecule has 108 valence electrons. The van der Waals surface area contributed by atoms with Gasteiger partial charge in [0.2, 0.25) is 5.88 Å². The maximum atomic E-state index is 12.1. The van der Waals surface area contributed by atoms with Crippen molar-refractivity contribution in [2.24, 2.45) is 5.92 Å². The van der Waals surface area contributed by atoms with E-state index >= 15 is 0 Å². The van der Waals surface area contributed by atoms with Crippen molar-refractivity contribution in [2.75, 3.05) is 25.5 Å². The number of rotatable bonds is 3. The molecule has 1 aliphatic heterocycles. The van der Waals surface area contributed by atoms with Crippen molar-refractivity contribution in [2.45, 2.75) is 13.3 Å². The van der Waals surface area contributed by atoms with Gasteiger partial charge >= 0.3 is 12.0 Å². The van der Waals surface area contributed by atoms with Crippen molar-refractivity contribution in [1.82, 2.24) is 9.88 Å². The van der Waals surface area contributed by atoms with Crippen LogP contribution in [-0.2, 0) is 4.79 Å². The third kappa shape index (κ3) is 2.98. The lowest BCUT2D eigenvalue weighted by Gasteiger charge is -2.17. The number of carbonyl (C=O) groups is 2. The second-order valence-corrected chi connectivity index (χ2v) is 4.77. The number of aromatic nitrogens is 1. The molecule has 1 aliphatic rings. The predicted molar refractivity (Wildman–Crippen MR) is 71.9 cm³/mol. The number of hydrogen-bond acceptors (Lipinski definition) is 4. The van der Waals surface area contributed by atoms with E-state index in [1.54, 1.807) is 12.3 Å². The Balaban J connectivity index is 2.05. The summed E-state index contributed by atoms with van der Waals surface area (Å²) in [5, 5.41) is 11.6. The van der Waals surface area contributed by atoms with Gasteiger partial charge in [-0.2, -0.15) is 0 Å². The lowest BCUT2D eigenvalue weighted by atomic mass is 10.1. The maximum Gasteiger partial charge on any atom is 0.322 e. The number of ether oxygens (including phenoxy) is 1. The molecule has 1 aromatic rings. The molecule has 1 fully saturated rings.